The van der Waals surface area contributed by atoms with Crippen LogP contribution in [0.3, 0.4) is 0 Å². The molecule has 0 bridgehead atoms. The third-order valence-electron chi connectivity index (χ3n) is 3.33. The van der Waals surface area contributed by atoms with Crippen LogP contribution in [0.5, 0.6) is 0 Å². The summed E-state index contributed by atoms with van der Waals surface area (Å²) >= 11 is 7.48. The highest BCUT2D eigenvalue weighted by Gasteiger charge is 2.18. The minimum absolute atomic E-state index is 0.155. The van der Waals surface area contributed by atoms with Gasteiger partial charge >= 0.3 is 0 Å². The molecule has 140 valence electrons. The van der Waals surface area contributed by atoms with Crippen molar-refractivity contribution in [3.05, 3.63) is 53.6 Å². The van der Waals surface area contributed by atoms with Crippen LogP contribution in [0, 0.1) is 0 Å². The Morgan fingerprint density at radius 3 is 2.23 bits per heavy atom. The van der Waals surface area contributed by atoms with Gasteiger partial charge in [-0.05, 0) is 57.2 Å². The maximum absolute atomic E-state index is 12.3. The van der Waals surface area contributed by atoms with Gasteiger partial charge in [0.05, 0.1) is 15.2 Å². The van der Waals surface area contributed by atoms with E-state index in [1.165, 1.54) is 23.9 Å². The number of sulfonamides is 1. The number of thioether (sulfide) groups is 1. The van der Waals surface area contributed by atoms with Crippen LogP contribution in [-0.4, -0.2) is 25.6 Å². The summed E-state index contributed by atoms with van der Waals surface area (Å²) < 4.78 is 26.7. The van der Waals surface area contributed by atoms with Crippen LogP contribution in [0.2, 0.25) is 5.02 Å². The molecule has 1 amide bonds. The number of carbonyl (C=O) groups is 1. The fourth-order valence-corrected chi connectivity index (χ4v) is 4.53. The Kier molecular flexibility index (Phi) is 7.11. The van der Waals surface area contributed by atoms with E-state index in [0.29, 0.717) is 10.7 Å². The first-order valence-corrected chi connectivity index (χ1v) is 10.8. The van der Waals surface area contributed by atoms with Crippen LogP contribution < -0.4 is 10.0 Å². The maximum atomic E-state index is 12.3. The zero-order valence-electron chi connectivity index (χ0n) is 14.7. The van der Waals surface area contributed by atoms with E-state index in [0.717, 1.165) is 4.90 Å². The minimum atomic E-state index is -3.55. The molecule has 0 spiro atoms. The van der Waals surface area contributed by atoms with E-state index in [2.05, 4.69) is 10.0 Å². The first kappa shape index (κ1) is 20.8. The second kappa shape index (κ2) is 8.90. The van der Waals surface area contributed by atoms with Crippen molar-refractivity contribution in [3.8, 4) is 0 Å². The molecule has 2 aromatic carbocycles. The molecule has 0 saturated heterocycles. The highest BCUT2D eigenvalue weighted by molar-refractivity contribution is 8.00. The van der Waals surface area contributed by atoms with Crippen LogP contribution >= 0.6 is 23.4 Å². The molecule has 0 aliphatic rings. The van der Waals surface area contributed by atoms with Crippen LogP contribution in [0.1, 0.15) is 20.8 Å². The number of carbonyl (C=O) groups excluding carboxylic acids is 1. The first-order chi connectivity index (χ1) is 12.2. The zero-order chi connectivity index (χ0) is 19.3. The van der Waals surface area contributed by atoms with Crippen molar-refractivity contribution in [2.75, 3.05) is 5.32 Å². The minimum Gasteiger partial charge on any atom is -0.325 e. The van der Waals surface area contributed by atoms with Gasteiger partial charge in [0, 0.05) is 16.6 Å². The number of nitrogens with one attached hydrogen (secondary N) is 2. The lowest BCUT2D eigenvalue weighted by molar-refractivity contribution is -0.115. The number of benzene rings is 2. The van der Waals surface area contributed by atoms with Gasteiger partial charge in [0.25, 0.3) is 0 Å². The van der Waals surface area contributed by atoms with Gasteiger partial charge in [-0.1, -0.05) is 23.7 Å². The molecule has 26 heavy (non-hydrogen) atoms. The molecule has 2 N–H and O–H groups in total. The molecule has 0 fully saturated rings. The highest BCUT2D eigenvalue weighted by Crippen LogP contribution is 2.30. The summed E-state index contributed by atoms with van der Waals surface area (Å²) in [4.78, 5) is 13.3. The van der Waals surface area contributed by atoms with E-state index in [1.54, 1.807) is 39.0 Å². The monoisotopic (exact) mass is 412 g/mol. The summed E-state index contributed by atoms with van der Waals surface area (Å²) in [5.74, 6) is -0.189. The van der Waals surface area contributed by atoms with Crippen LogP contribution in [-0.2, 0) is 14.8 Å². The number of rotatable bonds is 7. The Bertz CT molecular complexity index is 868. The molecular formula is C18H21ClN2O3S2. The molecule has 0 heterocycles. The summed E-state index contributed by atoms with van der Waals surface area (Å²) in [6.07, 6.45) is 0. The van der Waals surface area contributed by atoms with Crippen molar-refractivity contribution < 1.29 is 13.2 Å². The highest BCUT2D eigenvalue weighted by atomic mass is 35.5. The predicted octanol–water partition coefficient (Wildman–Crippen LogP) is 4.15. The van der Waals surface area contributed by atoms with Gasteiger partial charge in [-0.15, -0.1) is 11.8 Å². The Labute approximate surface area is 163 Å². The van der Waals surface area contributed by atoms with Crippen LogP contribution in [0.25, 0.3) is 0 Å². The quantitative estimate of drug-likeness (QED) is 0.670. The zero-order valence-corrected chi connectivity index (χ0v) is 17.1. The van der Waals surface area contributed by atoms with Crippen molar-refractivity contribution in [2.45, 2.75) is 41.9 Å². The van der Waals surface area contributed by atoms with E-state index >= 15 is 0 Å². The summed E-state index contributed by atoms with van der Waals surface area (Å²) in [5, 5.41) is 3.02. The smallest absolute Gasteiger partial charge is 0.240 e. The Morgan fingerprint density at radius 2 is 1.65 bits per heavy atom. The van der Waals surface area contributed by atoms with Gasteiger partial charge in [0.1, 0.15) is 0 Å². The van der Waals surface area contributed by atoms with Gasteiger partial charge in [-0.3, -0.25) is 4.79 Å². The van der Waals surface area contributed by atoms with Gasteiger partial charge in [0.15, 0.2) is 0 Å². The number of hydrogen-bond acceptors (Lipinski definition) is 4. The summed E-state index contributed by atoms with van der Waals surface area (Å²) in [5.41, 5.74) is 0.533. The fourth-order valence-electron chi connectivity index (χ4n) is 2.12. The number of anilines is 1. The van der Waals surface area contributed by atoms with Crippen molar-refractivity contribution in [2.24, 2.45) is 0 Å². The Morgan fingerprint density at radius 1 is 1.04 bits per heavy atom. The van der Waals surface area contributed by atoms with Gasteiger partial charge in [0.2, 0.25) is 15.9 Å². The molecule has 0 aromatic heterocycles. The maximum Gasteiger partial charge on any atom is 0.240 e. The molecule has 8 heteroatoms. The largest absolute Gasteiger partial charge is 0.325 e. The molecule has 5 nitrogen and oxygen atoms in total. The third kappa shape index (κ3) is 5.74. The van der Waals surface area contributed by atoms with Crippen LogP contribution in [0.15, 0.2) is 58.3 Å². The molecule has 1 atom stereocenters. The first-order valence-electron chi connectivity index (χ1n) is 8.03. The predicted molar refractivity (Wildman–Crippen MR) is 107 cm³/mol. The molecule has 0 unspecified atom stereocenters. The summed E-state index contributed by atoms with van der Waals surface area (Å²) in [6.45, 7) is 5.29. The third-order valence-corrected chi connectivity index (χ3v) is 6.63. The van der Waals surface area contributed by atoms with Crippen LogP contribution in [0.4, 0.5) is 5.69 Å². The summed E-state index contributed by atoms with van der Waals surface area (Å²) in [7, 11) is -3.55. The number of amides is 1. The topological polar surface area (TPSA) is 75.3 Å². The Balaban J connectivity index is 2.02. The average Bonchev–Trinajstić information content (AvgIpc) is 2.56. The normalized spacial score (nSPS) is 12.8. The molecule has 0 aliphatic heterocycles. The average molecular weight is 413 g/mol. The van der Waals surface area contributed by atoms with Crippen molar-refractivity contribution in [3.63, 3.8) is 0 Å². The fraction of sp³-hybridized carbons (Fsp3) is 0.278. The van der Waals surface area contributed by atoms with Gasteiger partial charge < -0.3 is 5.32 Å². The van der Waals surface area contributed by atoms with E-state index in [1.807, 2.05) is 18.2 Å². The standard InChI is InChI=1S/C18H21ClN2O3S2/c1-12(2)21-26(23,24)15-10-8-14(9-11-15)20-18(22)13(3)25-17-7-5-4-6-16(17)19/h4-13,21H,1-3H3,(H,20,22)/t13-/m1/s1. The second-order valence-electron chi connectivity index (χ2n) is 5.98. The van der Waals surface area contributed by atoms with Crippen molar-refractivity contribution in [1.82, 2.24) is 4.72 Å². The van der Waals surface area contributed by atoms with E-state index in [4.69, 9.17) is 11.6 Å². The molecule has 0 saturated carbocycles. The van der Waals surface area contributed by atoms with Gasteiger partial charge in [-0.25, -0.2) is 13.1 Å². The van der Waals surface area contributed by atoms with Gasteiger partial charge in [-0.2, -0.15) is 0 Å². The molecule has 0 radical (unpaired) electrons. The van der Waals surface area contributed by atoms with E-state index in [9.17, 15) is 13.2 Å². The lowest BCUT2D eigenvalue weighted by Gasteiger charge is -2.13. The number of hydrogen-bond donors (Lipinski definition) is 2. The summed E-state index contributed by atoms with van der Waals surface area (Å²) in [6, 6.07) is 13.2. The lowest BCUT2D eigenvalue weighted by Crippen LogP contribution is -2.30. The molecule has 2 aromatic rings. The number of halogens is 1. The lowest BCUT2D eigenvalue weighted by atomic mass is 10.3. The molecular weight excluding hydrogens is 392 g/mol. The van der Waals surface area contributed by atoms with E-state index < -0.39 is 10.0 Å². The SMILES string of the molecule is CC(C)NS(=O)(=O)c1ccc(NC(=O)[C@@H](C)Sc2ccccc2Cl)cc1. The van der Waals surface area contributed by atoms with Crippen molar-refractivity contribution >= 4 is 45.0 Å². The molecule has 0 aliphatic carbocycles. The van der Waals surface area contributed by atoms with Crippen molar-refractivity contribution in [1.29, 1.82) is 0 Å². The Hall–Kier alpha value is -1.54. The molecule has 2 rings (SSSR count). The second-order valence-corrected chi connectivity index (χ2v) is 9.48. The van der Waals surface area contributed by atoms with E-state index in [-0.39, 0.29) is 22.1 Å².